The predicted octanol–water partition coefficient (Wildman–Crippen LogP) is 16.6. The van der Waals surface area contributed by atoms with Crippen molar-refractivity contribution >= 4 is 0 Å². The minimum atomic E-state index is -1.14. The topological polar surface area (TPSA) is 18.5 Å². The number of methoxy groups -OCH3 is 2. The van der Waals surface area contributed by atoms with Crippen LogP contribution in [0.2, 0.25) is 0 Å². The first-order valence-corrected chi connectivity index (χ1v) is 25.4. The molecule has 0 amide bonds. The van der Waals surface area contributed by atoms with Gasteiger partial charge in [0.15, 0.2) is 11.2 Å². The second kappa shape index (κ2) is 19.9. The van der Waals surface area contributed by atoms with E-state index in [9.17, 15) is 0 Å². The average molecular weight is 939 g/mol. The smallest absolute Gasteiger partial charge is 0.180 e. The summed E-state index contributed by atoms with van der Waals surface area (Å²) in [5.74, 6) is 26.0. The Morgan fingerprint density at radius 1 is 0.214 bits per heavy atom. The quantitative estimate of drug-likeness (QED) is 0.179. The first-order valence-electron chi connectivity index (χ1n) is 25.4. The SMILES string of the molecule is COC(C#CC#CC#CC#CC(OC)(c1cc(C(C)(C)C)cc(C(C)(C)C)c1)c1cc(C(C)(C)C)cc(C(C)(C)C)c1)(c1cc(C(C)(C)C)cc(C(C)(C)C)c1)c1cc(C(C)(C)C)cc(C(C)(C)C)c1. The van der Waals surface area contributed by atoms with Crippen LogP contribution in [0.4, 0.5) is 0 Å². The standard InChI is InChI=1S/C68H90O2/c1-59(2,3)47-35-48(60(4,5)6)40-55(39-47)67(69-25,56-41-49(61(7,8)9)36-50(42-56)62(10,11)12)33-31-29-27-28-30-32-34-68(70-26,57-43-51(63(13,14)15)37-52(44-57)64(16,17)18)58-45-53(65(19,20)21)38-54(46-58)66(22,23)24/h35-46H,1-26H3. The lowest BCUT2D eigenvalue weighted by molar-refractivity contribution is 0.0737. The summed E-state index contributed by atoms with van der Waals surface area (Å²) in [5, 5.41) is 0. The van der Waals surface area contributed by atoms with Gasteiger partial charge < -0.3 is 9.47 Å². The lowest BCUT2D eigenvalue weighted by Crippen LogP contribution is -2.31. The molecule has 2 nitrogen and oxygen atoms in total. The van der Waals surface area contributed by atoms with Crippen molar-refractivity contribution in [1.82, 2.24) is 0 Å². The fraction of sp³-hybridized carbons (Fsp3) is 0.529. The summed E-state index contributed by atoms with van der Waals surface area (Å²) < 4.78 is 13.5. The van der Waals surface area contributed by atoms with Crippen molar-refractivity contribution in [3.05, 3.63) is 140 Å². The monoisotopic (exact) mass is 939 g/mol. The predicted molar refractivity (Wildman–Crippen MR) is 302 cm³/mol. The Bertz CT molecular complexity index is 2330. The van der Waals surface area contributed by atoms with E-state index in [2.05, 4.69) is 286 Å². The van der Waals surface area contributed by atoms with Crippen LogP contribution in [-0.2, 0) is 64.0 Å². The molecule has 0 unspecified atom stereocenters. The summed E-state index contributed by atoms with van der Waals surface area (Å²) in [6, 6.07) is 27.6. The van der Waals surface area contributed by atoms with Crippen molar-refractivity contribution in [3.8, 4) is 47.4 Å². The van der Waals surface area contributed by atoms with Crippen LogP contribution < -0.4 is 0 Å². The Labute approximate surface area is 429 Å². The van der Waals surface area contributed by atoms with Gasteiger partial charge in [0.2, 0.25) is 0 Å². The molecule has 0 heterocycles. The van der Waals surface area contributed by atoms with E-state index in [0.717, 1.165) is 22.3 Å². The van der Waals surface area contributed by atoms with E-state index < -0.39 is 11.2 Å². The Morgan fingerprint density at radius 3 is 0.471 bits per heavy atom. The van der Waals surface area contributed by atoms with E-state index in [1.165, 1.54) is 44.5 Å². The van der Waals surface area contributed by atoms with Crippen LogP contribution in [-0.4, -0.2) is 14.2 Å². The van der Waals surface area contributed by atoms with Gasteiger partial charge in [-0.1, -0.05) is 239 Å². The molecule has 0 saturated carbocycles. The van der Waals surface area contributed by atoms with Crippen molar-refractivity contribution in [2.75, 3.05) is 14.2 Å². The van der Waals surface area contributed by atoms with Crippen LogP contribution in [0, 0.1) is 47.4 Å². The fourth-order valence-electron chi connectivity index (χ4n) is 8.35. The van der Waals surface area contributed by atoms with Crippen molar-refractivity contribution in [1.29, 1.82) is 0 Å². The highest BCUT2D eigenvalue weighted by atomic mass is 16.5. The van der Waals surface area contributed by atoms with Gasteiger partial charge in [0.05, 0.1) is 0 Å². The van der Waals surface area contributed by atoms with Gasteiger partial charge in [0.25, 0.3) is 0 Å². The highest BCUT2D eigenvalue weighted by Gasteiger charge is 2.39. The fourth-order valence-corrected chi connectivity index (χ4v) is 8.35. The van der Waals surface area contributed by atoms with Crippen molar-refractivity contribution in [3.63, 3.8) is 0 Å². The van der Waals surface area contributed by atoms with E-state index >= 15 is 0 Å². The Balaban J connectivity index is 2.08. The summed E-state index contributed by atoms with van der Waals surface area (Å²) in [6.07, 6.45) is 0. The molecule has 0 saturated heterocycles. The van der Waals surface area contributed by atoms with Crippen molar-refractivity contribution in [2.45, 2.75) is 221 Å². The molecule has 0 aliphatic carbocycles. The molecule has 0 aliphatic rings. The normalized spacial score (nSPS) is 13.2. The van der Waals surface area contributed by atoms with Gasteiger partial charge in [-0.05, 0) is 135 Å². The van der Waals surface area contributed by atoms with Gasteiger partial charge in [-0.15, -0.1) is 0 Å². The molecule has 0 atom stereocenters. The molecule has 0 fully saturated rings. The molecule has 2 heteroatoms. The molecular weight excluding hydrogens is 849 g/mol. The molecule has 374 valence electrons. The number of rotatable bonds is 6. The average Bonchev–Trinajstić information content (AvgIpc) is 3.21. The van der Waals surface area contributed by atoms with Gasteiger partial charge in [0.1, 0.15) is 0 Å². The minimum Gasteiger partial charge on any atom is -0.357 e. The van der Waals surface area contributed by atoms with Crippen LogP contribution in [0.15, 0.2) is 72.8 Å². The molecule has 4 aromatic carbocycles. The number of hydrogen-bond donors (Lipinski definition) is 0. The van der Waals surface area contributed by atoms with Crippen LogP contribution >= 0.6 is 0 Å². The van der Waals surface area contributed by atoms with Gasteiger partial charge in [-0.25, -0.2) is 0 Å². The number of benzene rings is 4. The third kappa shape index (κ3) is 13.5. The Kier molecular flexibility index (Phi) is 16.4. The van der Waals surface area contributed by atoms with Gasteiger partial charge in [0, 0.05) is 36.5 Å². The van der Waals surface area contributed by atoms with E-state index in [0.29, 0.717) is 0 Å². The van der Waals surface area contributed by atoms with Crippen molar-refractivity contribution in [2.24, 2.45) is 0 Å². The molecule has 0 spiro atoms. The molecule has 0 bridgehead atoms. The summed E-state index contributed by atoms with van der Waals surface area (Å²) in [7, 11) is 3.54. The molecule has 0 radical (unpaired) electrons. The third-order valence-corrected chi connectivity index (χ3v) is 13.7. The highest BCUT2D eigenvalue weighted by molar-refractivity contribution is 5.57. The second-order valence-electron chi connectivity index (χ2n) is 28.0. The zero-order chi connectivity index (χ0) is 53.5. The molecule has 4 aromatic rings. The first-order chi connectivity index (χ1) is 31.6. The van der Waals surface area contributed by atoms with E-state index in [1.54, 1.807) is 14.2 Å². The van der Waals surface area contributed by atoms with Gasteiger partial charge in [-0.2, -0.15) is 0 Å². The summed E-state index contributed by atoms with van der Waals surface area (Å²) >= 11 is 0. The summed E-state index contributed by atoms with van der Waals surface area (Å²) in [6.45, 7) is 54.3. The molecule has 0 aliphatic heterocycles. The zero-order valence-corrected chi connectivity index (χ0v) is 48.7. The molecule has 0 N–H and O–H groups in total. The Morgan fingerprint density at radius 2 is 0.343 bits per heavy atom. The van der Waals surface area contributed by atoms with Crippen LogP contribution in [0.3, 0.4) is 0 Å². The maximum absolute atomic E-state index is 6.76. The largest absolute Gasteiger partial charge is 0.357 e. The molecule has 0 aromatic heterocycles. The first kappa shape index (κ1) is 57.6. The maximum Gasteiger partial charge on any atom is 0.180 e. The minimum absolute atomic E-state index is 0.113. The molecule has 70 heavy (non-hydrogen) atoms. The molecular formula is C68H90O2. The van der Waals surface area contributed by atoms with Crippen LogP contribution in [0.1, 0.15) is 233 Å². The maximum atomic E-state index is 6.76. The van der Waals surface area contributed by atoms with E-state index in [4.69, 9.17) is 9.47 Å². The van der Waals surface area contributed by atoms with Gasteiger partial charge in [-0.3, -0.25) is 0 Å². The lowest BCUT2D eigenvalue weighted by Gasteiger charge is -2.35. The lowest BCUT2D eigenvalue weighted by atomic mass is 9.73. The summed E-state index contributed by atoms with van der Waals surface area (Å²) in [5.41, 5.74) is 10.6. The third-order valence-electron chi connectivity index (χ3n) is 13.7. The Hall–Kier alpha value is -4.96. The van der Waals surface area contributed by atoms with E-state index in [1.807, 2.05) is 0 Å². The number of ether oxygens (including phenoxy) is 2. The molecule has 4 rings (SSSR count). The van der Waals surface area contributed by atoms with Crippen LogP contribution in [0.5, 0.6) is 0 Å². The van der Waals surface area contributed by atoms with Gasteiger partial charge >= 0.3 is 0 Å². The van der Waals surface area contributed by atoms with Crippen molar-refractivity contribution < 1.29 is 9.47 Å². The zero-order valence-electron chi connectivity index (χ0n) is 48.7. The van der Waals surface area contributed by atoms with E-state index in [-0.39, 0.29) is 43.3 Å². The second-order valence-corrected chi connectivity index (χ2v) is 28.0. The van der Waals surface area contributed by atoms with Crippen LogP contribution in [0.25, 0.3) is 0 Å². The number of hydrogen-bond acceptors (Lipinski definition) is 2. The highest BCUT2D eigenvalue weighted by Crippen LogP contribution is 2.44. The summed E-state index contributed by atoms with van der Waals surface area (Å²) in [4.78, 5) is 0.